The van der Waals surface area contributed by atoms with Crippen LogP contribution in [0, 0.1) is 0 Å². The van der Waals surface area contributed by atoms with Crippen molar-refractivity contribution in [2.45, 2.75) is 17.7 Å². The van der Waals surface area contributed by atoms with Gasteiger partial charge in [-0.2, -0.15) is 9.41 Å². The smallest absolute Gasteiger partial charge is 0.271 e. The lowest BCUT2D eigenvalue weighted by atomic mass is 10.2. The van der Waals surface area contributed by atoms with E-state index in [1.165, 1.54) is 29.8 Å². The summed E-state index contributed by atoms with van der Waals surface area (Å²) in [5.41, 5.74) is 3.27. The Labute approximate surface area is 170 Å². The third kappa shape index (κ3) is 4.75. The SMILES string of the molecule is COc1ccc(/C=N\NC(=O)c2cccc(S(=O)(=O)N3CCCC3)c2)c(OC)c1. The molecular formula is C20H23N3O5S. The fraction of sp³-hybridized carbons (Fsp3) is 0.300. The van der Waals surface area contributed by atoms with Crippen molar-refractivity contribution in [3.05, 3.63) is 53.6 Å². The van der Waals surface area contributed by atoms with Gasteiger partial charge in [-0.3, -0.25) is 4.79 Å². The molecule has 1 fully saturated rings. The second-order valence-corrected chi connectivity index (χ2v) is 8.38. The molecule has 2 aromatic rings. The summed E-state index contributed by atoms with van der Waals surface area (Å²) < 4.78 is 37.2. The van der Waals surface area contributed by atoms with E-state index in [4.69, 9.17) is 9.47 Å². The van der Waals surface area contributed by atoms with Gasteiger partial charge in [-0.15, -0.1) is 0 Å². The second kappa shape index (κ2) is 9.06. The lowest BCUT2D eigenvalue weighted by molar-refractivity contribution is 0.0955. The Morgan fingerprint density at radius 3 is 2.55 bits per heavy atom. The molecule has 0 radical (unpaired) electrons. The van der Waals surface area contributed by atoms with Crippen LogP contribution < -0.4 is 14.9 Å². The Hall–Kier alpha value is -2.91. The van der Waals surface area contributed by atoms with Crippen LogP contribution in [0.3, 0.4) is 0 Å². The van der Waals surface area contributed by atoms with Crippen molar-refractivity contribution in [3.63, 3.8) is 0 Å². The van der Waals surface area contributed by atoms with Gasteiger partial charge in [0.15, 0.2) is 0 Å². The molecule has 0 saturated carbocycles. The molecule has 0 aliphatic carbocycles. The minimum Gasteiger partial charge on any atom is -0.497 e. The molecule has 9 heteroatoms. The van der Waals surface area contributed by atoms with Crippen LogP contribution in [0.1, 0.15) is 28.8 Å². The number of rotatable bonds is 7. The van der Waals surface area contributed by atoms with Crippen molar-refractivity contribution in [1.29, 1.82) is 0 Å². The maximum Gasteiger partial charge on any atom is 0.271 e. The van der Waals surface area contributed by atoms with E-state index in [0.717, 1.165) is 12.8 Å². The van der Waals surface area contributed by atoms with Crippen LogP contribution in [-0.4, -0.2) is 52.2 Å². The molecule has 0 unspecified atom stereocenters. The summed E-state index contributed by atoms with van der Waals surface area (Å²) in [4.78, 5) is 12.5. The standard InChI is InChI=1S/C20H23N3O5S/c1-27-17-9-8-16(19(13-17)28-2)14-21-22-20(24)15-6-5-7-18(12-15)29(25,26)23-10-3-4-11-23/h5-9,12-14H,3-4,10-11H2,1-2H3,(H,22,24)/b21-14-. The summed E-state index contributed by atoms with van der Waals surface area (Å²) in [6.07, 6.45) is 3.15. The first-order valence-electron chi connectivity index (χ1n) is 9.11. The minimum absolute atomic E-state index is 0.104. The highest BCUT2D eigenvalue weighted by Gasteiger charge is 2.27. The van der Waals surface area contributed by atoms with Crippen LogP contribution in [0.4, 0.5) is 0 Å². The molecule has 154 valence electrons. The van der Waals surface area contributed by atoms with E-state index < -0.39 is 15.9 Å². The second-order valence-electron chi connectivity index (χ2n) is 6.45. The lowest BCUT2D eigenvalue weighted by Gasteiger charge is -2.15. The molecular weight excluding hydrogens is 394 g/mol. The maximum atomic E-state index is 12.7. The fourth-order valence-electron chi connectivity index (χ4n) is 3.03. The van der Waals surface area contributed by atoms with Gasteiger partial charge in [0.05, 0.1) is 25.3 Å². The van der Waals surface area contributed by atoms with Crippen molar-refractivity contribution >= 4 is 22.1 Å². The summed E-state index contributed by atoms with van der Waals surface area (Å²) in [7, 11) is -0.506. The highest BCUT2D eigenvalue weighted by atomic mass is 32.2. The number of hydrogen-bond donors (Lipinski definition) is 1. The normalized spacial score (nSPS) is 14.8. The molecule has 8 nitrogen and oxygen atoms in total. The quantitative estimate of drug-likeness (QED) is 0.551. The van der Waals surface area contributed by atoms with Gasteiger partial charge in [0.2, 0.25) is 10.0 Å². The van der Waals surface area contributed by atoms with Crippen LogP contribution in [0.5, 0.6) is 11.5 Å². The number of amides is 1. The Morgan fingerprint density at radius 1 is 1.10 bits per heavy atom. The molecule has 1 aliphatic rings. The largest absolute Gasteiger partial charge is 0.497 e. The number of hydrazone groups is 1. The number of nitrogens with one attached hydrogen (secondary N) is 1. The van der Waals surface area contributed by atoms with E-state index in [-0.39, 0.29) is 10.5 Å². The number of methoxy groups -OCH3 is 2. The van der Waals surface area contributed by atoms with Crippen molar-refractivity contribution < 1.29 is 22.7 Å². The van der Waals surface area contributed by atoms with Crippen LogP contribution >= 0.6 is 0 Å². The summed E-state index contributed by atoms with van der Waals surface area (Å²) in [5, 5.41) is 3.95. The van der Waals surface area contributed by atoms with Gasteiger partial charge < -0.3 is 9.47 Å². The Balaban J connectivity index is 1.72. The molecule has 0 bridgehead atoms. The number of sulfonamides is 1. The third-order valence-electron chi connectivity index (χ3n) is 4.61. The number of ether oxygens (including phenoxy) is 2. The van der Waals surface area contributed by atoms with E-state index in [0.29, 0.717) is 30.2 Å². The van der Waals surface area contributed by atoms with Crippen molar-refractivity contribution in [2.24, 2.45) is 5.10 Å². The number of hydrogen-bond acceptors (Lipinski definition) is 6. The summed E-state index contributed by atoms with van der Waals surface area (Å²) in [5.74, 6) is 0.673. The molecule has 0 atom stereocenters. The molecule has 1 aliphatic heterocycles. The van der Waals surface area contributed by atoms with Gasteiger partial charge in [0.1, 0.15) is 11.5 Å². The fourth-order valence-corrected chi connectivity index (χ4v) is 4.59. The van der Waals surface area contributed by atoms with Crippen molar-refractivity contribution in [3.8, 4) is 11.5 Å². The first kappa shape index (κ1) is 20.8. The highest BCUT2D eigenvalue weighted by molar-refractivity contribution is 7.89. The first-order valence-corrected chi connectivity index (χ1v) is 10.6. The number of nitrogens with zero attached hydrogens (tertiary/aromatic N) is 2. The summed E-state index contributed by atoms with van der Waals surface area (Å²) >= 11 is 0. The zero-order chi connectivity index (χ0) is 20.9. The van der Waals surface area contributed by atoms with Gasteiger partial charge in [-0.05, 0) is 43.2 Å². The molecule has 1 heterocycles. The van der Waals surface area contributed by atoms with Gasteiger partial charge in [0, 0.05) is 30.3 Å². The predicted molar refractivity (Wildman–Crippen MR) is 109 cm³/mol. The molecule has 3 rings (SSSR count). The predicted octanol–water partition coefficient (Wildman–Crippen LogP) is 2.25. The molecule has 1 amide bonds. The average Bonchev–Trinajstić information content (AvgIpc) is 3.29. The topological polar surface area (TPSA) is 97.3 Å². The highest BCUT2D eigenvalue weighted by Crippen LogP contribution is 2.23. The Kier molecular flexibility index (Phi) is 6.50. The molecule has 29 heavy (non-hydrogen) atoms. The molecule has 1 saturated heterocycles. The van der Waals surface area contributed by atoms with Crippen molar-refractivity contribution in [2.75, 3.05) is 27.3 Å². The van der Waals surface area contributed by atoms with E-state index in [9.17, 15) is 13.2 Å². The molecule has 0 aromatic heterocycles. The van der Waals surface area contributed by atoms with Crippen LogP contribution in [0.25, 0.3) is 0 Å². The Morgan fingerprint density at radius 2 is 1.86 bits per heavy atom. The van der Waals surface area contributed by atoms with Crippen molar-refractivity contribution in [1.82, 2.24) is 9.73 Å². The summed E-state index contributed by atoms with van der Waals surface area (Å²) in [6.45, 7) is 1.01. The van der Waals surface area contributed by atoms with Gasteiger partial charge in [-0.25, -0.2) is 13.8 Å². The Bertz CT molecular complexity index is 1010. The first-order chi connectivity index (χ1) is 14.0. The van der Waals surface area contributed by atoms with Crippen LogP contribution in [-0.2, 0) is 10.0 Å². The molecule has 2 aromatic carbocycles. The third-order valence-corrected chi connectivity index (χ3v) is 6.50. The van der Waals surface area contributed by atoms with E-state index >= 15 is 0 Å². The van der Waals surface area contributed by atoms with Gasteiger partial charge in [0.25, 0.3) is 5.91 Å². The van der Waals surface area contributed by atoms with E-state index in [2.05, 4.69) is 10.5 Å². The number of carbonyl (C=O) groups is 1. The molecule has 1 N–H and O–H groups in total. The zero-order valence-electron chi connectivity index (χ0n) is 16.3. The van der Waals surface area contributed by atoms with Gasteiger partial charge in [-0.1, -0.05) is 6.07 Å². The number of benzene rings is 2. The van der Waals surface area contributed by atoms with Crippen LogP contribution in [0.15, 0.2) is 52.5 Å². The minimum atomic E-state index is -3.59. The number of carbonyl (C=O) groups excluding carboxylic acids is 1. The lowest BCUT2D eigenvalue weighted by Crippen LogP contribution is -2.28. The maximum absolute atomic E-state index is 12.7. The van der Waals surface area contributed by atoms with E-state index in [1.54, 1.807) is 37.4 Å². The van der Waals surface area contributed by atoms with E-state index in [1.807, 2.05) is 0 Å². The summed E-state index contributed by atoms with van der Waals surface area (Å²) in [6, 6.07) is 11.2. The van der Waals surface area contributed by atoms with Crippen LogP contribution in [0.2, 0.25) is 0 Å². The monoisotopic (exact) mass is 417 g/mol. The molecule has 0 spiro atoms. The van der Waals surface area contributed by atoms with Gasteiger partial charge >= 0.3 is 0 Å². The average molecular weight is 417 g/mol. The zero-order valence-corrected chi connectivity index (χ0v) is 17.1.